The highest BCUT2D eigenvalue weighted by molar-refractivity contribution is 5.81. The summed E-state index contributed by atoms with van der Waals surface area (Å²) in [6, 6.07) is 8.77. The van der Waals surface area contributed by atoms with Gasteiger partial charge in [-0.05, 0) is 47.9 Å². The summed E-state index contributed by atoms with van der Waals surface area (Å²) >= 11 is 0. The summed E-state index contributed by atoms with van der Waals surface area (Å²) in [7, 11) is 0. The maximum absolute atomic E-state index is 9.22. The Morgan fingerprint density at radius 3 is 2.83 bits per heavy atom. The molecule has 0 saturated heterocycles. The fourth-order valence-corrected chi connectivity index (χ4v) is 2.74. The smallest absolute Gasteiger partial charge is 0.0497 e. The van der Waals surface area contributed by atoms with Crippen molar-refractivity contribution in [2.75, 3.05) is 6.61 Å². The first kappa shape index (κ1) is 11.8. The minimum Gasteiger partial charge on any atom is -0.396 e. The summed E-state index contributed by atoms with van der Waals surface area (Å²) in [5.41, 5.74) is 2.56. The quantitative estimate of drug-likeness (QED) is 0.873. The van der Waals surface area contributed by atoms with Crippen LogP contribution in [0.15, 0.2) is 30.5 Å². The van der Waals surface area contributed by atoms with E-state index >= 15 is 0 Å². The van der Waals surface area contributed by atoms with Gasteiger partial charge in [-0.2, -0.15) is 0 Å². The first-order chi connectivity index (χ1) is 8.78. The van der Waals surface area contributed by atoms with Crippen molar-refractivity contribution in [1.29, 1.82) is 0 Å². The number of hydrogen-bond acceptors (Lipinski definition) is 1. The van der Waals surface area contributed by atoms with Gasteiger partial charge in [-0.1, -0.05) is 19.4 Å². The van der Waals surface area contributed by atoms with Crippen LogP contribution in [0.25, 0.3) is 10.9 Å². The molecule has 3 rings (SSSR count). The third kappa shape index (κ3) is 2.05. The van der Waals surface area contributed by atoms with Gasteiger partial charge >= 0.3 is 0 Å². The molecule has 1 atom stereocenters. The van der Waals surface area contributed by atoms with Gasteiger partial charge in [0.15, 0.2) is 0 Å². The van der Waals surface area contributed by atoms with E-state index in [9.17, 15) is 5.11 Å². The van der Waals surface area contributed by atoms with Crippen LogP contribution in [0.1, 0.15) is 37.7 Å². The highest BCUT2D eigenvalue weighted by Gasteiger charge is 2.18. The van der Waals surface area contributed by atoms with Crippen molar-refractivity contribution in [1.82, 2.24) is 4.57 Å². The molecule has 1 fully saturated rings. The van der Waals surface area contributed by atoms with Gasteiger partial charge in [0.1, 0.15) is 0 Å². The predicted molar refractivity (Wildman–Crippen MR) is 74.8 cm³/mol. The molecule has 1 aromatic heterocycles. The minimum atomic E-state index is 0.217. The molecular formula is C16H21NO. The van der Waals surface area contributed by atoms with Gasteiger partial charge in [0.05, 0.1) is 0 Å². The molecule has 1 aliphatic rings. The van der Waals surface area contributed by atoms with Crippen LogP contribution < -0.4 is 0 Å². The Morgan fingerprint density at radius 2 is 2.17 bits per heavy atom. The molecule has 2 nitrogen and oxygen atoms in total. The lowest BCUT2D eigenvalue weighted by Crippen LogP contribution is -2.17. The van der Waals surface area contributed by atoms with E-state index < -0.39 is 0 Å². The fraction of sp³-hybridized carbons (Fsp3) is 0.500. The Bertz CT molecular complexity index is 539. The van der Waals surface area contributed by atoms with Gasteiger partial charge in [0.25, 0.3) is 0 Å². The topological polar surface area (TPSA) is 25.2 Å². The monoisotopic (exact) mass is 243 g/mol. The molecule has 0 aliphatic heterocycles. The molecule has 1 N–H and O–H groups in total. The highest BCUT2D eigenvalue weighted by atomic mass is 16.3. The molecule has 0 amide bonds. The molecule has 0 spiro atoms. The van der Waals surface area contributed by atoms with Gasteiger partial charge in [0, 0.05) is 30.8 Å². The minimum absolute atomic E-state index is 0.217. The van der Waals surface area contributed by atoms with E-state index in [2.05, 4.69) is 42.0 Å². The van der Waals surface area contributed by atoms with Crippen LogP contribution in [0.2, 0.25) is 0 Å². The van der Waals surface area contributed by atoms with E-state index in [4.69, 9.17) is 0 Å². The second-order valence-electron chi connectivity index (χ2n) is 5.67. The Hall–Kier alpha value is -1.28. The van der Waals surface area contributed by atoms with Crippen LogP contribution in [-0.4, -0.2) is 16.3 Å². The highest BCUT2D eigenvalue weighted by Crippen LogP contribution is 2.30. The SMILES string of the molecule is CC(CO)c1ccc2c(ccn2CC2CCC2)c1. The molecule has 18 heavy (non-hydrogen) atoms. The Balaban J connectivity index is 1.89. The van der Waals surface area contributed by atoms with E-state index in [1.54, 1.807) is 0 Å². The molecule has 0 bridgehead atoms. The second-order valence-corrected chi connectivity index (χ2v) is 5.67. The molecule has 1 aromatic carbocycles. The average molecular weight is 243 g/mol. The number of benzene rings is 1. The molecule has 2 heteroatoms. The van der Waals surface area contributed by atoms with Crippen molar-refractivity contribution in [2.24, 2.45) is 5.92 Å². The molecule has 1 unspecified atom stereocenters. The summed E-state index contributed by atoms with van der Waals surface area (Å²) in [5.74, 6) is 1.11. The van der Waals surface area contributed by atoms with Crippen LogP contribution in [0.4, 0.5) is 0 Å². The summed E-state index contributed by atoms with van der Waals surface area (Å²) in [5, 5.41) is 10.5. The molecule has 1 heterocycles. The van der Waals surface area contributed by atoms with Crippen molar-refractivity contribution in [3.05, 3.63) is 36.0 Å². The second kappa shape index (κ2) is 4.77. The lowest BCUT2D eigenvalue weighted by atomic mass is 9.85. The zero-order chi connectivity index (χ0) is 12.5. The number of fused-ring (bicyclic) bond motifs is 1. The van der Waals surface area contributed by atoms with E-state index in [1.165, 1.54) is 42.3 Å². The summed E-state index contributed by atoms with van der Waals surface area (Å²) in [4.78, 5) is 0. The maximum atomic E-state index is 9.22. The van der Waals surface area contributed by atoms with Crippen LogP contribution in [0, 0.1) is 5.92 Å². The average Bonchev–Trinajstić information content (AvgIpc) is 2.75. The van der Waals surface area contributed by atoms with Crippen molar-refractivity contribution in [3.63, 3.8) is 0 Å². The van der Waals surface area contributed by atoms with Crippen LogP contribution in [0.5, 0.6) is 0 Å². The first-order valence-electron chi connectivity index (χ1n) is 6.97. The number of aliphatic hydroxyl groups excluding tert-OH is 1. The van der Waals surface area contributed by atoms with Gasteiger partial charge in [-0.3, -0.25) is 0 Å². The molecule has 1 saturated carbocycles. The van der Waals surface area contributed by atoms with Crippen molar-refractivity contribution in [2.45, 2.75) is 38.6 Å². The molecular weight excluding hydrogens is 222 g/mol. The lowest BCUT2D eigenvalue weighted by Gasteiger charge is -2.26. The first-order valence-corrected chi connectivity index (χ1v) is 6.97. The van der Waals surface area contributed by atoms with E-state index in [1.807, 2.05) is 0 Å². The number of aliphatic hydroxyl groups is 1. The third-order valence-electron chi connectivity index (χ3n) is 4.32. The van der Waals surface area contributed by atoms with E-state index in [0.29, 0.717) is 0 Å². The molecule has 1 aliphatic carbocycles. The number of nitrogens with zero attached hydrogens (tertiary/aromatic N) is 1. The van der Waals surface area contributed by atoms with E-state index in [-0.39, 0.29) is 12.5 Å². The lowest BCUT2D eigenvalue weighted by molar-refractivity contribution is 0.273. The number of aromatic nitrogens is 1. The Labute approximate surface area is 108 Å². The number of hydrogen-bond donors (Lipinski definition) is 1. The third-order valence-corrected chi connectivity index (χ3v) is 4.32. The zero-order valence-electron chi connectivity index (χ0n) is 11.0. The summed E-state index contributed by atoms with van der Waals surface area (Å²) < 4.78 is 2.38. The zero-order valence-corrected chi connectivity index (χ0v) is 11.0. The van der Waals surface area contributed by atoms with Crippen LogP contribution in [-0.2, 0) is 6.54 Å². The van der Waals surface area contributed by atoms with E-state index in [0.717, 1.165) is 5.92 Å². The normalized spacial score (nSPS) is 17.9. The predicted octanol–water partition coefficient (Wildman–Crippen LogP) is 3.54. The van der Waals surface area contributed by atoms with Gasteiger partial charge in [-0.15, -0.1) is 0 Å². The molecule has 2 aromatic rings. The summed E-state index contributed by atoms with van der Waals surface area (Å²) in [6.45, 7) is 3.44. The fourth-order valence-electron chi connectivity index (χ4n) is 2.74. The van der Waals surface area contributed by atoms with Gasteiger partial charge in [-0.25, -0.2) is 0 Å². The maximum Gasteiger partial charge on any atom is 0.0497 e. The van der Waals surface area contributed by atoms with Gasteiger partial charge < -0.3 is 9.67 Å². The Kier molecular flexibility index (Phi) is 3.13. The molecule has 96 valence electrons. The van der Waals surface area contributed by atoms with Crippen LogP contribution in [0.3, 0.4) is 0 Å². The number of rotatable bonds is 4. The van der Waals surface area contributed by atoms with Crippen molar-refractivity contribution in [3.8, 4) is 0 Å². The Morgan fingerprint density at radius 1 is 1.33 bits per heavy atom. The van der Waals surface area contributed by atoms with Crippen LogP contribution >= 0.6 is 0 Å². The summed E-state index contributed by atoms with van der Waals surface area (Å²) in [6.07, 6.45) is 6.39. The largest absolute Gasteiger partial charge is 0.396 e. The van der Waals surface area contributed by atoms with Crippen molar-refractivity contribution >= 4 is 10.9 Å². The standard InChI is InChI=1S/C16H21NO/c1-12(11-18)14-5-6-16-15(9-14)7-8-17(16)10-13-3-2-4-13/h5-9,12-13,18H,2-4,10-11H2,1H3. The molecule has 0 radical (unpaired) electrons. The van der Waals surface area contributed by atoms with Crippen molar-refractivity contribution < 1.29 is 5.11 Å². The van der Waals surface area contributed by atoms with Gasteiger partial charge in [0.2, 0.25) is 0 Å².